The van der Waals surface area contributed by atoms with Gasteiger partial charge in [-0.05, 0) is 24.7 Å². The van der Waals surface area contributed by atoms with Gasteiger partial charge in [-0.2, -0.15) is 0 Å². The Balaban J connectivity index is 2.40. The van der Waals surface area contributed by atoms with Crippen molar-refractivity contribution in [3.63, 3.8) is 0 Å². The topological polar surface area (TPSA) is 43.8 Å². The minimum atomic E-state index is 0.617. The number of imidazole rings is 1. The number of nitrogens with two attached hydrogens (primary N) is 1. The third-order valence-electron chi connectivity index (χ3n) is 2.20. The first-order valence-electron chi connectivity index (χ1n) is 4.78. The van der Waals surface area contributed by atoms with E-state index in [2.05, 4.69) is 4.98 Å². The first kappa shape index (κ1) is 10.2. The zero-order valence-corrected chi connectivity index (χ0v) is 8.98. The largest absolute Gasteiger partial charge is 0.330 e. The van der Waals surface area contributed by atoms with Crippen LogP contribution in [-0.4, -0.2) is 16.1 Å². The molecule has 1 aromatic heterocycles. The van der Waals surface area contributed by atoms with Crippen LogP contribution in [0.3, 0.4) is 0 Å². The highest BCUT2D eigenvalue weighted by molar-refractivity contribution is 6.30. The van der Waals surface area contributed by atoms with Gasteiger partial charge in [-0.1, -0.05) is 17.7 Å². The molecule has 0 aliphatic rings. The van der Waals surface area contributed by atoms with Crippen molar-refractivity contribution in [3.05, 3.63) is 47.5 Å². The summed E-state index contributed by atoms with van der Waals surface area (Å²) >= 11 is 5.93. The van der Waals surface area contributed by atoms with Crippen molar-refractivity contribution < 1.29 is 0 Å². The van der Waals surface area contributed by atoms with Crippen LogP contribution in [0.4, 0.5) is 0 Å². The lowest BCUT2D eigenvalue weighted by molar-refractivity contribution is 0.874. The molecule has 0 aliphatic carbocycles. The van der Waals surface area contributed by atoms with Gasteiger partial charge < -0.3 is 10.3 Å². The van der Waals surface area contributed by atoms with Crippen LogP contribution in [0, 0.1) is 0 Å². The highest BCUT2D eigenvalue weighted by atomic mass is 35.5. The monoisotopic (exact) mass is 221 g/mol. The van der Waals surface area contributed by atoms with E-state index in [-0.39, 0.29) is 0 Å². The van der Waals surface area contributed by atoms with Gasteiger partial charge in [0.15, 0.2) is 0 Å². The number of hydrogen-bond acceptors (Lipinski definition) is 2. The molecule has 78 valence electrons. The highest BCUT2D eigenvalue weighted by Gasteiger charge is 2.03. The van der Waals surface area contributed by atoms with Crippen LogP contribution in [0.5, 0.6) is 0 Å². The van der Waals surface area contributed by atoms with Gasteiger partial charge in [0, 0.05) is 29.0 Å². The number of hydrogen-bond donors (Lipinski definition) is 1. The van der Waals surface area contributed by atoms with E-state index in [0.717, 1.165) is 22.8 Å². The van der Waals surface area contributed by atoms with E-state index in [1.807, 2.05) is 35.0 Å². The summed E-state index contributed by atoms with van der Waals surface area (Å²) in [5.74, 6) is 0. The number of nitrogens with zero attached hydrogens (tertiary/aromatic N) is 2. The second-order valence-electron chi connectivity index (χ2n) is 3.27. The molecule has 4 heteroatoms. The lowest BCUT2D eigenvalue weighted by Crippen LogP contribution is -2.07. The van der Waals surface area contributed by atoms with Crippen LogP contribution < -0.4 is 5.73 Å². The molecule has 1 heterocycles. The third kappa shape index (κ3) is 2.19. The Morgan fingerprint density at radius 2 is 2.27 bits per heavy atom. The molecule has 2 rings (SSSR count). The molecular formula is C11H12ClN3. The third-order valence-corrected chi connectivity index (χ3v) is 2.44. The summed E-state index contributed by atoms with van der Waals surface area (Å²) < 4.78 is 2.00. The Morgan fingerprint density at radius 3 is 3.00 bits per heavy atom. The van der Waals surface area contributed by atoms with E-state index < -0.39 is 0 Å². The van der Waals surface area contributed by atoms with Crippen molar-refractivity contribution in [1.82, 2.24) is 9.55 Å². The normalized spacial score (nSPS) is 10.5. The van der Waals surface area contributed by atoms with Gasteiger partial charge in [0.05, 0.1) is 6.33 Å². The first-order chi connectivity index (χ1) is 7.31. The van der Waals surface area contributed by atoms with Gasteiger partial charge in [0.2, 0.25) is 0 Å². The molecule has 1 aromatic carbocycles. The Labute approximate surface area is 93.5 Å². The zero-order valence-electron chi connectivity index (χ0n) is 8.23. The molecule has 0 unspecified atom stereocenters. The molecule has 3 nitrogen and oxygen atoms in total. The molecule has 0 saturated heterocycles. The summed E-state index contributed by atoms with van der Waals surface area (Å²) in [5.41, 5.74) is 7.64. The summed E-state index contributed by atoms with van der Waals surface area (Å²) in [4.78, 5) is 4.11. The molecule has 2 aromatic rings. The molecule has 0 amide bonds. The van der Waals surface area contributed by atoms with Crippen molar-refractivity contribution in [2.24, 2.45) is 5.73 Å². The molecule has 0 saturated carbocycles. The van der Waals surface area contributed by atoms with E-state index in [1.165, 1.54) is 0 Å². The van der Waals surface area contributed by atoms with Crippen LogP contribution >= 0.6 is 11.6 Å². The maximum Gasteiger partial charge on any atom is 0.0994 e. The second kappa shape index (κ2) is 4.47. The molecular weight excluding hydrogens is 210 g/mol. The molecule has 15 heavy (non-hydrogen) atoms. The summed E-state index contributed by atoms with van der Waals surface area (Å²) in [6, 6.07) is 7.67. The van der Waals surface area contributed by atoms with Crippen molar-refractivity contribution >= 4 is 11.6 Å². The van der Waals surface area contributed by atoms with E-state index in [0.29, 0.717) is 6.54 Å². The Hall–Kier alpha value is -1.32. The number of aromatic nitrogens is 2. The Kier molecular flexibility index (Phi) is 3.04. The van der Waals surface area contributed by atoms with Gasteiger partial charge in [-0.25, -0.2) is 4.98 Å². The number of rotatable bonds is 3. The van der Waals surface area contributed by atoms with Gasteiger partial charge in [0.1, 0.15) is 0 Å². The van der Waals surface area contributed by atoms with Crippen LogP contribution in [-0.2, 0) is 6.42 Å². The number of halogens is 1. The molecule has 0 fully saturated rings. The fourth-order valence-corrected chi connectivity index (χ4v) is 1.70. The fourth-order valence-electron chi connectivity index (χ4n) is 1.51. The summed E-state index contributed by atoms with van der Waals surface area (Å²) in [6.45, 7) is 0.617. The molecule has 0 aliphatic heterocycles. The number of benzene rings is 1. The molecule has 0 bridgehead atoms. The minimum Gasteiger partial charge on any atom is -0.330 e. The van der Waals surface area contributed by atoms with Crippen molar-refractivity contribution in [1.29, 1.82) is 0 Å². The molecule has 0 radical (unpaired) electrons. The van der Waals surface area contributed by atoms with E-state index in [4.69, 9.17) is 17.3 Å². The molecule has 0 spiro atoms. The average Bonchev–Trinajstić information content (AvgIpc) is 2.66. The molecule has 2 N–H and O–H groups in total. The quantitative estimate of drug-likeness (QED) is 0.862. The van der Waals surface area contributed by atoms with Crippen molar-refractivity contribution in [2.45, 2.75) is 6.42 Å². The Bertz CT molecular complexity index is 451. The predicted octanol–water partition coefficient (Wildman–Crippen LogP) is 2.03. The van der Waals surface area contributed by atoms with Crippen LogP contribution in [0.25, 0.3) is 5.69 Å². The maximum atomic E-state index is 5.93. The standard InChI is InChI=1S/C11H12ClN3/c12-9-2-1-3-10(6-9)15-8-14-7-11(15)4-5-13/h1-3,6-8H,4-5,13H2. The lowest BCUT2D eigenvalue weighted by atomic mass is 10.3. The summed E-state index contributed by atoms with van der Waals surface area (Å²) in [5, 5.41) is 0.722. The van der Waals surface area contributed by atoms with Gasteiger partial charge in [-0.15, -0.1) is 0 Å². The Morgan fingerprint density at radius 1 is 1.40 bits per heavy atom. The fraction of sp³-hybridized carbons (Fsp3) is 0.182. The second-order valence-corrected chi connectivity index (χ2v) is 3.71. The highest BCUT2D eigenvalue weighted by Crippen LogP contribution is 2.16. The smallest absolute Gasteiger partial charge is 0.0994 e. The minimum absolute atomic E-state index is 0.617. The zero-order chi connectivity index (χ0) is 10.7. The van der Waals surface area contributed by atoms with Gasteiger partial charge in [-0.3, -0.25) is 0 Å². The van der Waals surface area contributed by atoms with Crippen LogP contribution in [0.2, 0.25) is 5.02 Å². The van der Waals surface area contributed by atoms with E-state index in [9.17, 15) is 0 Å². The summed E-state index contributed by atoms with van der Waals surface area (Å²) in [7, 11) is 0. The SMILES string of the molecule is NCCc1cncn1-c1cccc(Cl)c1. The first-order valence-corrected chi connectivity index (χ1v) is 5.16. The van der Waals surface area contributed by atoms with Crippen molar-refractivity contribution in [3.8, 4) is 5.69 Å². The van der Waals surface area contributed by atoms with Gasteiger partial charge >= 0.3 is 0 Å². The predicted molar refractivity (Wildman–Crippen MR) is 61.3 cm³/mol. The summed E-state index contributed by atoms with van der Waals surface area (Å²) in [6.07, 6.45) is 4.41. The maximum absolute atomic E-state index is 5.93. The van der Waals surface area contributed by atoms with E-state index in [1.54, 1.807) is 6.33 Å². The van der Waals surface area contributed by atoms with Crippen LogP contribution in [0.1, 0.15) is 5.69 Å². The van der Waals surface area contributed by atoms with Crippen molar-refractivity contribution in [2.75, 3.05) is 6.54 Å². The van der Waals surface area contributed by atoms with Gasteiger partial charge in [0.25, 0.3) is 0 Å². The average molecular weight is 222 g/mol. The van der Waals surface area contributed by atoms with Crippen LogP contribution in [0.15, 0.2) is 36.8 Å². The lowest BCUT2D eigenvalue weighted by Gasteiger charge is -2.07. The van der Waals surface area contributed by atoms with E-state index >= 15 is 0 Å². The molecule has 0 atom stereocenters.